The van der Waals surface area contributed by atoms with Gasteiger partial charge < -0.3 is 4.90 Å². The Hall–Kier alpha value is -1.03. The summed E-state index contributed by atoms with van der Waals surface area (Å²) >= 11 is 6.13. The molecule has 1 rings (SSSR count). The first kappa shape index (κ1) is 12.0. The fourth-order valence-electron chi connectivity index (χ4n) is 1.51. The molecule has 0 saturated carbocycles. The molecule has 15 heavy (non-hydrogen) atoms. The second-order valence-electron chi connectivity index (χ2n) is 3.80. The molecule has 0 radical (unpaired) electrons. The SMILES string of the molecule is Cc1nn(C)c(C)c1C(Cl)C(=O)N(C)C. The van der Waals surface area contributed by atoms with Crippen LogP contribution in [0.5, 0.6) is 0 Å². The molecule has 0 aliphatic rings. The molecule has 1 aromatic heterocycles. The van der Waals surface area contributed by atoms with Gasteiger partial charge in [-0.05, 0) is 13.8 Å². The number of carbonyl (C=O) groups excluding carboxylic acids is 1. The van der Waals surface area contributed by atoms with E-state index in [1.54, 1.807) is 18.8 Å². The van der Waals surface area contributed by atoms with Crippen LogP contribution in [0.25, 0.3) is 0 Å². The summed E-state index contributed by atoms with van der Waals surface area (Å²) in [5, 5.41) is 3.59. The standard InChI is InChI=1S/C10H16ClN3O/c1-6-8(7(2)14(5)12-6)9(11)10(15)13(3)4/h9H,1-5H3. The predicted octanol–water partition coefficient (Wildman–Crippen LogP) is 1.41. The minimum atomic E-state index is -0.645. The van der Waals surface area contributed by atoms with E-state index in [1.807, 2.05) is 20.9 Å². The van der Waals surface area contributed by atoms with Gasteiger partial charge in [-0.2, -0.15) is 5.10 Å². The lowest BCUT2D eigenvalue weighted by Gasteiger charge is -2.15. The lowest BCUT2D eigenvalue weighted by atomic mass is 10.1. The van der Waals surface area contributed by atoms with E-state index in [4.69, 9.17) is 11.6 Å². The number of alkyl halides is 1. The first-order chi connectivity index (χ1) is 6.86. The lowest BCUT2D eigenvalue weighted by Crippen LogP contribution is -2.26. The number of likely N-dealkylation sites (N-methyl/N-ethyl adjacent to an activating group) is 1. The maximum atomic E-state index is 11.7. The highest BCUT2D eigenvalue weighted by Gasteiger charge is 2.25. The summed E-state index contributed by atoms with van der Waals surface area (Å²) in [5.74, 6) is -0.115. The topological polar surface area (TPSA) is 38.1 Å². The van der Waals surface area contributed by atoms with Gasteiger partial charge in [-0.3, -0.25) is 9.48 Å². The van der Waals surface area contributed by atoms with Crippen LogP contribution in [0.1, 0.15) is 22.3 Å². The zero-order chi connectivity index (χ0) is 11.7. The van der Waals surface area contributed by atoms with Gasteiger partial charge in [0.05, 0.1) is 5.69 Å². The summed E-state index contributed by atoms with van der Waals surface area (Å²) < 4.78 is 1.74. The zero-order valence-corrected chi connectivity index (χ0v) is 10.5. The van der Waals surface area contributed by atoms with E-state index >= 15 is 0 Å². The third-order valence-corrected chi connectivity index (χ3v) is 2.88. The monoisotopic (exact) mass is 229 g/mol. The van der Waals surface area contributed by atoms with Crippen molar-refractivity contribution in [2.24, 2.45) is 7.05 Å². The molecular formula is C10H16ClN3O. The molecule has 0 aliphatic carbocycles. The Morgan fingerprint density at radius 3 is 2.33 bits per heavy atom. The summed E-state index contributed by atoms with van der Waals surface area (Å²) in [6.45, 7) is 3.77. The number of rotatable bonds is 2. The summed E-state index contributed by atoms with van der Waals surface area (Å²) in [7, 11) is 5.23. The fraction of sp³-hybridized carbons (Fsp3) is 0.600. The first-order valence-corrected chi connectivity index (χ1v) is 5.15. The van der Waals surface area contributed by atoms with Crippen molar-refractivity contribution in [3.63, 3.8) is 0 Å². The largest absolute Gasteiger partial charge is 0.347 e. The highest BCUT2D eigenvalue weighted by molar-refractivity contribution is 6.30. The van der Waals surface area contributed by atoms with Gasteiger partial charge in [-0.25, -0.2) is 0 Å². The molecule has 0 bridgehead atoms. The number of amides is 1. The van der Waals surface area contributed by atoms with Gasteiger partial charge in [-0.15, -0.1) is 11.6 Å². The van der Waals surface area contributed by atoms with Crippen molar-refractivity contribution < 1.29 is 4.79 Å². The van der Waals surface area contributed by atoms with Gasteiger partial charge in [0, 0.05) is 32.4 Å². The molecule has 1 amide bonds. The molecule has 0 N–H and O–H groups in total. The highest BCUT2D eigenvalue weighted by Crippen LogP contribution is 2.27. The van der Waals surface area contributed by atoms with E-state index < -0.39 is 5.38 Å². The predicted molar refractivity (Wildman–Crippen MR) is 60.0 cm³/mol. The number of hydrogen-bond donors (Lipinski definition) is 0. The smallest absolute Gasteiger partial charge is 0.244 e. The summed E-state index contributed by atoms with van der Waals surface area (Å²) in [6, 6.07) is 0. The van der Waals surface area contributed by atoms with Crippen molar-refractivity contribution in [2.45, 2.75) is 19.2 Å². The molecule has 1 heterocycles. The van der Waals surface area contributed by atoms with Crippen molar-refractivity contribution >= 4 is 17.5 Å². The molecule has 4 nitrogen and oxygen atoms in total. The van der Waals surface area contributed by atoms with Crippen LogP contribution in [0.3, 0.4) is 0 Å². The molecular weight excluding hydrogens is 214 g/mol. The Labute approximate surface area is 94.8 Å². The second-order valence-corrected chi connectivity index (χ2v) is 4.24. The molecule has 0 spiro atoms. The van der Waals surface area contributed by atoms with Crippen molar-refractivity contribution in [1.82, 2.24) is 14.7 Å². The normalized spacial score (nSPS) is 12.7. The number of aryl methyl sites for hydroxylation is 2. The molecule has 0 saturated heterocycles. The van der Waals surface area contributed by atoms with Crippen molar-refractivity contribution in [3.8, 4) is 0 Å². The summed E-state index contributed by atoms with van der Waals surface area (Å²) in [5.41, 5.74) is 2.56. The average Bonchev–Trinajstić information content (AvgIpc) is 2.39. The highest BCUT2D eigenvalue weighted by atomic mass is 35.5. The number of aromatic nitrogens is 2. The molecule has 0 aromatic carbocycles. The third-order valence-electron chi connectivity index (χ3n) is 2.48. The zero-order valence-electron chi connectivity index (χ0n) is 9.71. The maximum absolute atomic E-state index is 11.7. The minimum absolute atomic E-state index is 0.115. The van der Waals surface area contributed by atoms with Crippen molar-refractivity contribution in [2.75, 3.05) is 14.1 Å². The van der Waals surface area contributed by atoms with E-state index in [1.165, 1.54) is 4.90 Å². The van der Waals surface area contributed by atoms with Crippen LogP contribution in [0.4, 0.5) is 0 Å². The van der Waals surface area contributed by atoms with E-state index in [0.717, 1.165) is 17.0 Å². The molecule has 1 aromatic rings. The lowest BCUT2D eigenvalue weighted by molar-refractivity contribution is -0.128. The van der Waals surface area contributed by atoms with Crippen LogP contribution in [-0.4, -0.2) is 34.7 Å². The van der Waals surface area contributed by atoms with Gasteiger partial charge in [0.1, 0.15) is 5.38 Å². The number of hydrogen-bond acceptors (Lipinski definition) is 2. The second kappa shape index (κ2) is 4.23. The summed E-state index contributed by atoms with van der Waals surface area (Å²) in [6.07, 6.45) is 0. The van der Waals surface area contributed by atoms with E-state index in [2.05, 4.69) is 5.10 Å². The van der Waals surface area contributed by atoms with E-state index in [9.17, 15) is 4.79 Å². The van der Waals surface area contributed by atoms with Crippen molar-refractivity contribution in [1.29, 1.82) is 0 Å². The van der Waals surface area contributed by atoms with Gasteiger partial charge in [-0.1, -0.05) is 0 Å². The maximum Gasteiger partial charge on any atom is 0.244 e. The quantitative estimate of drug-likeness (QED) is 0.720. The molecule has 84 valence electrons. The van der Waals surface area contributed by atoms with E-state index in [-0.39, 0.29) is 5.91 Å². The van der Waals surface area contributed by atoms with Crippen LogP contribution in [0.15, 0.2) is 0 Å². The Kier molecular flexibility index (Phi) is 3.39. The summed E-state index contributed by atoms with van der Waals surface area (Å²) in [4.78, 5) is 13.2. The minimum Gasteiger partial charge on any atom is -0.347 e. The Morgan fingerprint density at radius 1 is 1.47 bits per heavy atom. The number of nitrogens with zero attached hydrogens (tertiary/aromatic N) is 3. The molecule has 0 fully saturated rings. The first-order valence-electron chi connectivity index (χ1n) is 4.71. The average molecular weight is 230 g/mol. The third kappa shape index (κ3) is 2.15. The van der Waals surface area contributed by atoms with Crippen LogP contribution < -0.4 is 0 Å². The van der Waals surface area contributed by atoms with Crippen LogP contribution in [-0.2, 0) is 11.8 Å². The van der Waals surface area contributed by atoms with Gasteiger partial charge >= 0.3 is 0 Å². The van der Waals surface area contributed by atoms with E-state index in [0.29, 0.717) is 0 Å². The Bertz CT molecular complexity index is 384. The van der Waals surface area contributed by atoms with Crippen LogP contribution in [0.2, 0.25) is 0 Å². The molecule has 1 atom stereocenters. The Morgan fingerprint density at radius 2 is 2.00 bits per heavy atom. The Balaban J connectivity index is 3.11. The number of carbonyl (C=O) groups is 1. The number of halogens is 1. The fourth-order valence-corrected chi connectivity index (χ4v) is 2.02. The van der Waals surface area contributed by atoms with Gasteiger partial charge in [0.2, 0.25) is 5.91 Å². The molecule has 0 aliphatic heterocycles. The molecule has 5 heteroatoms. The van der Waals surface area contributed by atoms with Gasteiger partial charge in [0.25, 0.3) is 0 Å². The van der Waals surface area contributed by atoms with Crippen LogP contribution in [0, 0.1) is 13.8 Å². The van der Waals surface area contributed by atoms with Gasteiger partial charge in [0.15, 0.2) is 0 Å². The van der Waals surface area contributed by atoms with Crippen molar-refractivity contribution in [3.05, 3.63) is 17.0 Å². The van der Waals surface area contributed by atoms with Crippen LogP contribution >= 0.6 is 11.6 Å². The molecule has 1 unspecified atom stereocenters.